The molecule has 1 spiro atoms. The van der Waals surface area contributed by atoms with Crippen molar-refractivity contribution < 1.29 is 23.9 Å². The number of para-hydroxylation sites is 1. The van der Waals surface area contributed by atoms with E-state index in [4.69, 9.17) is 21.1 Å². The minimum atomic E-state index is -1.66. The van der Waals surface area contributed by atoms with Crippen LogP contribution in [-0.2, 0) is 0 Å². The van der Waals surface area contributed by atoms with E-state index in [1.165, 1.54) is 7.11 Å². The van der Waals surface area contributed by atoms with Crippen molar-refractivity contribution in [3.05, 3.63) is 130 Å². The minimum Gasteiger partial charge on any atom is -0.497 e. The number of benzene rings is 4. The van der Waals surface area contributed by atoms with E-state index < -0.39 is 23.4 Å². The first-order chi connectivity index (χ1) is 20.4. The summed E-state index contributed by atoms with van der Waals surface area (Å²) in [6, 6.07) is 25.0. The van der Waals surface area contributed by atoms with E-state index in [0.29, 0.717) is 38.8 Å². The van der Waals surface area contributed by atoms with E-state index in [1.807, 2.05) is 41.3 Å². The molecular weight excluding hydrogens is 550 g/mol. The average Bonchev–Trinajstić information content (AvgIpc) is 3.46. The number of fused-ring (bicyclic) bond motifs is 5. The lowest BCUT2D eigenvalue weighted by molar-refractivity contribution is 0.0664. The van der Waals surface area contributed by atoms with Crippen LogP contribution in [0.1, 0.15) is 48.1 Å². The van der Waals surface area contributed by atoms with Crippen LogP contribution in [0.4, 0.5) is 5.69 Å². The number of carbonyl (C=O) groups excluding carboxylic acids is 3. The van der Waals surface area contributed by atoms with Gasteiger partial charge in [-0.15, -0.1) is 0 Å². The second-order valence-electron chi connectivity index (χ2n) is 10.7. The van der Waals surface area contributed by atoms with Gasteiger partial charge in [-0.1, -0.05) is 78.4 Å². The molecule has 0 radical (unpaired) electrons. The van der Waals surface area contributed by atoms with Gasteiger partial charge in [-0.25, -0.2) is 0 Å². The van der Waals surface area contributed by atoms with Gasteiger partial charge in [0.2, 0.25) is 0 Å². The molecule has 0 unspecified atom stereocenters. The highest BCUT2D eigenvalue weighted by atomic mass is 35.5. The number of halogens is 1. The summed E-state index contributed by atoms with van der Waals surface area (Å²) < 4.78 is 11.4. The molecule has 42 heavy (non-hydrogen) atoms. The highest BCUT2D eigenvalue weighted by molar-refractivity contribution is 6.35. The molecule has 2 heterocycles. The predicted molar refractivity (Wildman–Crippen MR) is 161 cm³/mol. The Morgan fingerprint density at radius 3 is 2.19 bits per heavy atom. The van der Waals surface area contributed by atoms with Crippen molar-refractivity contribution in [2.75, 3.05) is 19.1 Å². The Balaban J connectivity index is 1.60. The molecular formula is C35H26ClNO5. The third-order valence-electron chi connectivity index (χ3n) is 8.89. The van der Waals surface area contributed by atoms with Crippen molar-refractivity contribution >= 4 is 40.7 Å². The summed E-state index contributed by atoms with van der Waals surface area (Å²) in [7, 11) is 3.08. The quantitative estimate of drug-likeness (QED) is 0.195. The SMILES string of the molecule is COc1ccc(OC)c([C@@H]2[C@H](C(=O)c3ccccc3Cl)N3c4ccccc4C=C[C@@H]3C23C(=O)c2ccccc2C3=O)c1. The van der Waals surface area contributed by atoms with Crippen LogP contribution >= 0.6 is 11.6 Å². The number of ketones is 3. The van der Waals surface area contributed by atoms with Gasteiger partial charge in [0.15, 0.2) is 17.3 Å². The Morgan fingerprint density at radius 1 is 0.833 bits per heavy atom. The lowest BCUT2D eigenvalue weighted by atomic mass is 9.64. The first-order valence-corrected chi connectivity index (χ1v) is 14.1. The number of anilines is 1. The molecule has 7 rings (SSSR count). The van der Waals surface area contributed by atoms with E-state index in [1.54, 1.807) is 73.8 Å². The Bertz CT molecular complexity index is 1790. The van der Waals surface area contributed by atoms with Crippen molar-refractivity contribution in [1.82, 2.24) is 0 Å². The summed E-state index contributed by atoms with van der Waals surface area (Å²) in [5.74, 6) is -0.900. The number of Topliss-reactive ketones (excluding diaryl/α,β-unsaturated/α-hetero) is 3. The Labute approximate surface area is 248 Å². The van der Waals surface area contributed by atoms with Crippen LogP contribution in [0.3, 0.4) is 0 Å². The van der Waals surface area contributed by atoms with Gasteiger partial charge in [0, 0.05) is 33.9 Å². The molecule has 0 amide bonds. The number of rotatable bonds is 5. The van der Waals surface area contributed by atoms with Crippen LogP contribution in [0.5, 0.6) is 11.5 Å². The minimum absolute atomic E-state index is 0.293. The number of ether oxygens (including phenoxy) is 2. The summed E-state index contributed by atoms with van der Waals surface area (Å²) >= 11 is 6.62. The molecule has 0 bridgehead atoms. The monoisotopic (exact) mass is 575 g/mol. The third-order valence-corrected chi connectivity index (χ3v) is 9.22. The fourth-order valence-electron chi connectivity index (χ4n) is 7.16. The highest BCUT2D eigenvalue weighted by Gasteiger charge is 2.72. The van der Waals surface area contributed by atoms with Gasteiger partial charge in [-0.05, 0) is 42.0 Å². The number of hydrogen-bond donors (Lipinski definition) is 0. The van der Waals surface area contributed by atoms with Crippen LogP contribution in [0, 0.1) is 5.41 Å². The Kier molecular flexibility index (Phi) is 6.06. The van der Waals surface area contributed by atoms with Gasteiger partial charge in [-0.2, -0.15) is 0 Å². The topological polar surface area (TPSA) is 72.9 Å². The molecule has 1 saturated heterocycles. The Morgan fingerprint density at radius 2 is 1.50 bits per heavy atom. The maximum absolute atomic E-state index is 14.9. The van der Waals surface area contributed by atoms with Crippen LogP contribution in [0.2, 0.25) is 5.02 Å². The molecule has 0 N–H and O–H groups in total. The molecule has 7 heteroatoms. The lowest BCUT2D eigenvalue weighted by Crippen LogP contribution is -2.48. The van der Waals surface area contributed by atoms with Crippen molar-refractivity contribution in [2.45, 2.75) is 18.0 Å². The summed E-state index contributed by atoms with van der Waals surface area (Å²) in [6.45, 7) is 0. The van der Waals surface area contributed by atoms with E-state index in [0.717, 1.165) is 11.3 Å². The highest BCUT2D eigenvalue weighted by Crippen LogP contribution is 2.62. The van der Waals surface area contributed by atoms with Crippen molar-refractivity contribution in [1.29, 1.82) is 0 Å². The van der Waals surface area contributed by atoms with Gasteiger partial charge in [-0.3, -0.25) is 14.4 Å². The molecule has 3 aliphatic rings. The van der Waals surface area contributed by atoms with Crippen LogP contribution in [0.25, 0.3) is 6.08 Å². The largest absolute Gasteiger partial charge is 0.497 e. The smallest absolute Gasteiger partial charge is 0.187 e. The molecule has 6 nitrogen and oxygen atoms in total. The number of hydrogen-bond acceptors (Lipinski definition) is 6. The van der Waals surface area contributed by atoms with E-state index in [2.05, 4.69) is 0 Å². The van der Waals surface area contributed by atoms with Gasteiger partial charge < -0.3 is 14.4 Å². The first-order valence-electron chi connectivity index (χ1n) is 13.7. The Hall–Kier alpha value is -4.68. The molecule has 0 aromatic heterocycles. The summed E-state index contributed by atoms with van der Waals surface area (Å²) in [5.41, 5.74) is 1.55. The number of carbonyl (C=O) groups is 3. The lowest BCUT2D eigenvalue weighted by Gasteiger charge is -2.37. The van der Waals surface area contributed by atoms with Gasteiger partial charge in [0.1, 0.15) is 23.0 Å². The maximum Gasteiger partial charge on any atom is 0.187 e. The number of nitrogens with zero attached hydrogens (tertiary/aromatic N) is 1. The fraction of sp³-hybridized carbons (Fsp3) is 0.171. The zero-order chi connectivity index (χ0) is 29.2. The maximum atomic E-state index is 14.9. The summed E-state index contributed by atoms with van der Waals surface area (Å²) in [4.78, 5) is 46.4. The number of methoxy groups -OCH3 is 2. The molecule has 1 fully saturated rings. The third kappa shape index (κ3) is 3.42. The predicted octanol–water partition coefficient (Wildman–Crippen LogP) is 6.67. The van der Waals surface area contributed by atoms with Crippen LogP contribution in [0.15, 0.2) is 97.1 Å². The van der Waals surface area contributed by atoms with Crippen LogP contribution in [-0.4, -0.2) is 43.7 Å². The molecule has 4 aromatic rings. The summed E-state index contributed by atoms with van der Waals surface area (Å²) in [6.07, 6.45) is 3.83. The second kappa shape index (κ2) is 9.71. The van der Waals surface area contributed by atoms with E-state index in [9.17, 15) is 14.4 Å². The van der Waals surface area contributed by atoms with E-state index in [-0.39, 0.29) is 17.3 Å². The molecule has 0 saturated carbocycles. The van der Waals surface area contributed by atoms with Crippen molar-refractivity contribution in [3.63, 3.8) is 0 Å². The normalized spacial score (nSPS) is 21.2. The van der Waals surface area contributed by atoms with E-state index >= 15 is 0 Å². The molecule has 208 valence electrons. The van der Waals surface area contributed by atoms with Crippen molar-refractivity contribution in [3.8, 4) is 11.5 Å². The first kappa shape index (κ1) is 26.2. The fourth-order valence-corrected chi connectivity index (χ4v) is 7.39. The van der Waals surface area contributed by atoms with Gasteiger partial charge in [0.05, 0.1) is 25.3 Å². The van der Waals surface area contributed by atoms with Crippen molar-refractivity contribution in [2.24, 2.45) is 5.41 Å². The second-order valence-corrected chi connectivity index (χ2v) is 11.1. The molecule has 3 atom stereocenters. The molecule has 4 aromatic carbocycles. The van der Waals surface area contributed by atoms with Crippen LogP contribution < -0.4 is 14.4 Å². The van der Waals surface area contributed by atoms with Gasteiger partial charge >= 0.3 is 0 Å². The summed E-state index contributed by atoms with van der Waals surface area (Å²) in [5, 5.41) is 0.296. The van der Waals surface area contributed by atoms with Gasteiger partial charge in [0.25, 0.3) is 0 Å². The zero-order valence-corrected chi connectivity index (χ0v) is 23.7. The standard InChI is InChI=1S/C35H26ClNO5/c1-41-21-16-17-28(42-2)25(19-21)30-31(32(38)24-12-6-7-13-26(24)36)37-27-14-8-3-9-20(27)15-18-29(37)35(30)33(39)22-10-4-5-11-23(22)34(35)40/h3-19,29-31H,1-2H3/t29-,30-,31-/m1/s1. The average molecular weight is 576 g/mol. The zero-order valence-electron chi connectivity index (χ0n) is 22.9. The molecule has 2 aliphatic heterocycles. The molecule has 1 aliphatic carbocycles.